The van der Waals surface area contributed by atoms with Crippen LogP contribution in [-0.4, -0.2) is 20.7 Å². The Morgan fingerprint density at radius 2 is 2.00 bits per heavy atom. The average molecular weight is 372 g/mol. The zero-order valence-electron chi connectivity index (χ0n) is 13.7. The first-order valence-corrected chi connectivity index (χ1v) is 9.15. The molecule has 1 N–H and O–H groups in total. The molecule has 6 heteroatoms. The summed E-state index contributed by atoms with van der Waals surface area (Å²) in [7, 11) is 0. The fraction of sp³-hybridized carbons (Fsp3) is 0.158. The van der Waals surface area contributed by atoms with Gasteiger partial charge >= 0.3 is 0 Å². The number of amides is 1. The van der Waals surface area contributed by atoms with E-state index in [4.69, 9.17) is 11.6 Å². The molecule has 2 aromatic carbocycles. The van der Waals surface area contributed by atoms with E-state index in [0.29, 0.717) is 11.6 Å². The Morgan fingerprint density at radius 3 is 2.72 bits per heavy atom. The second-order valence-electron chi connectivity index (χ2n) is 5.53. The molecular formula is C19H18ClN3OS. The Kier molecular flexibility index (Phi) is 5.79. The van der Waals surface area contributed by atoms with Crippen LogP contribution in [0.2, 0.25) is 5.02 Å². The molecule has 3 rings (SSSR count). The van der Waals surface area contributed by atoms with Crippen molar-refractivity contribution in [3.8, 4) is 5.69 Å². The van der Waals surface area contributed by atoms with Gasteiger partial charge in [0, 0.05) is 28.9 Å². The van der Waals surface area contributed by atoms with Gasteiger partial charge in [-0.1, -0.05) is 29.8 Å². The number of carbonyl (C=O) groups is 1. The molecular weight excluding hydrogens is 354 g/mol. The van der Waals surface area contributed by atoms with E-state index >= 15 is 0 Å². The molecule has 0 aliphatic heterocycles. The first kappa shape index (κ1) is 17.6. The van der Waals surface area contributed by atoms with Crippen LogP contribution in [0.3, 0.4) is 0 Å². The zero-order valence-corrected chi connectivity index (χ0v) is 15.3. The summed E-state index contributed by atoms with van der Waals surface area (Å²) >= 11 is 7.40. The lowest BCUT2D eigenvalue weighted by atomic mass is 10.1. The lowest BCUT2D eigenvalue weighted by Gasteiger charge is -2.14. The second kappa shape index (κ2) is 8.23. The molecule has 3 aromatic rings. The predicted octanol–water partition coefficient (Wildman–Crippen LogP) is 4.32. The molecule has 0 spiro atoms. The Bertz CT molecular complexity index is 834. The Labute approximate surface area is 156 Å². The van der Waals surface area contributed by atoms with Crippen molar-refractivity contribution >= 4 is 29.3 Å². The van der Waals surface area contributed by atoms with Crippen molar-refractivity contribution < 1.29 is 4.79 Å². The number of thioether (sulfide) groups is 1. The van der Waals surface area contributed by atoms with Gasteiger partial charge in [-0.25, -0.2) is 4.98 Å². The van der Waals surface area contributed by atoms with Crippen LogP contribution in [0, 0.1) is 0 Å². The summed E-state index contributed by atoms with van der Waals surface area (Å²) in [5.41, 5.74) is 2.05. The maximum Gasteiger partial charge on any atom is 0.233 e. The molecule has 1 heterocycles. The summed E-state index contributed by atoms with van der Waals surface area (Å²) in [6.07, 6.45) is 5.37. The van der Waals surface area contributed by atoms with Crippen molar-refractivity contribution in [2.45, 2.75) is 23.6 Å². The van der Waals surface area contributed by atoms with E-state index in [1.807, 2.05) is 66.2 Å². The smallest absolute Gasteiger partial charge is 0.233 e. The van der Waals surface area contributed by atoms with E-state index in [0.717, 1.165) is 16.1 Å². The molecule has 1 atom stereocenters. The molecule has 0 unspecified atom stereocenters. The van der Waals surface area contributed by atoms with Crippen LogP contribution in [0.1, 0.15) is 12.5 Å². The van der Waals surface area contributed by atoms with Gasteiger partial charge in [0.05, 0.1) is 17.3 Å². The summed E-state index contributed by atoms with van der Waals surface area (Å²) in [5.74, 6) is 0.000356. The zero-order chi connectivity index (χ0) is 17.6. The van der Waals surface area contributed by atoms with Crippen molar-refractivity contribution in [3.63, 3.8) is 0 Å². The quantitative estimate of drug-likeness (QED) is 0.656. The monoisotopic (exact) mass is 371 g/mol. The second-order valence-corrected chi connectivity index (χ2v) is 7.38. The number of hydrogen-bond acceptors (Lipinski definition) is 3. The highest BCUT2D eigenvalue weighted by molar-refractivity contribution is 8.00. The number of nitrogens with one attached hydrogen (secondary N) is 1. The minimum atomic E-state index is -0.193. The molecule has 0 aliphatic carbocycles. The number of hydrogen-bond donors (Lipinski definition) is 1. The van der Waals surface area contributed by atoms with Crippen molar-refractivity contribution in [1.82, 2.24) is 14.9 Å². The molecule has 4 nitrogen and oxygen atoms in total. The maximum absolute atomic E-state index is 12.4. The summed E-state index contributed by atoms with van der Waals surface area (Å²) in [6, 6.07) is 15.5. The first-order chi connectivity index (χ1) is 12.1. The molecule has 25 heavy (non-hydrogen) atoms. The molecule has 0 saturated carbocycles. The van der Waals surface area contributed by atoms with Crippen LogP contribution in [0.5, 0.6) is 0 Å². The van der Waals surface area contributed by atoms with Gasteiger partial charge in [-0.15, -0.1) is 11.8 Å². The third-order valence-electron chi connectivity index (χ3n) is 3.72. The standard InChI is InChI=1S/C19H18ClN3OS/c1-14(25-17-8-6-16(20)7-9-17)19(24)22-12-15-4-2-3-5-18(15)23-11-10-21-13-23/h2-11,13-14H,12H2,1H3,(H,22,24)/t14-/m0/s1. The number of benzene rings is 2. The van der Waals surface area contributed by atoms with Crippen molar-refractivity contribution in [2.24, 2.45) is 0 Å². The highest BCUT2D eigenvalue weighted by Crippen LogP contribution is 2.25. The number of halogens is 1. The van der Waals surface area contributed by atoms with E-state index in [-0.39, 0.29) is 11.2 Å². The fourth-order valence-corrected chi connectivity index (χ4v) is 3.43. The van der Waals surface area contributed by atoms with Crippen LogP contribution >= 0.6 is 23.4 Å². The number of rotatable bonds is 6. The lowest BCUT2D eigenvalue weighted by molar-refractivity contribution is -0.120. The Hall–Kier alpha value is -2.24. The van der Waals surface area contributed by atoms with Crippen molar-refractivity contribution in [2.75, 3.05) is 0 Å². The summed E-state index contributed by atoms with van der Waals surface area (Å²) < 4.78 is 1.94. The van der Waals surface area contributed by atoms with Gasteiger partial charge in [-0.05, 0) is 42.8 Å². The number of imidazole rings is 1. The molecule has 1 aromatic heterocycles. The third-order valence-corrected chi connectivity index (χ3v) is 5.09. The molecule has 0 aliphatic rings. The molecule has 128 valence electrons. The molecule has 0 fully saturated rings. The third kappa shape index (κ3) is 4.65. The van der Waals surface area contributed by atoms with Crippen LogP contribution in [0.25, 0.3) is 5.69 Å². The van der Waals surface area contributed by atoms with E-state index in [9.17, 15) is 4.79 Å². The summed E-state index contributed by atoms with van der Waals surface area (Å²) in [6.45, 7) is 2.37. The van der Waals surface area contributed by atoms with Gasteiger partial charge in [0.1, 0.15) is 0 Å². The number of para-hydroxylation sites is 1. The largest absolute Gasteiger partial charge is 0.351 e. The topological polar surface area (TPSA) is 46.9 Å². The number of nitrogens with zero attached hydrogens (tertiary/aromatic N) is 2. The molecule has 0 saturated heterocycles. The molecule has 0 bridgehead atoms. The normalized spacial score (nSPS) is 11.9. The highest BCUT2D eigenvalue weighted by Gasteiger charge is 2.15. The van der Waals surface area contributed by atoms with Crippen molar-refractivity contribution in [3.05, 3.63) is 77.8 Å². The predicted molar refractivity (Wildman–Crippen MR) is 102 cm³/mol. The summed E-state index contributed by atoms with van der Waals surface area (Å²) in [5, 5.41) is 3.51. The van der Waals surface area contributed by atoms with Gasteiger partial charge in [-0.2, -0.15) is 0 Å². The van der Waals surface area contributed by atoms with E-state index < -0.39 is 0 Å². The van der Waals surface area contributed by atoms with E-state index in [1.165, 1.54) is 11.8 Å². The average Bonchev–Trinajstić information content (AvgIpc) is 3.16. The summed E-state index contributed by atoms with van der Waals surface area (Å²) in [4.78, 5) is 17.5. The lowest BCUT2D eigenvalue weighted by Crippen LogP contribution is -2.30. The van der Waals surface area contributed by atoms with Crippen LogP contribution in [-0.2, 0) is 11.3 Å². The van der Waals surface area contributed by atoms with Gasteiger partial charge in [0.15, 0.2) is 0 Å². The van der Waals surface area contributed by atoms with E-state index in [2.05, 4.69) is 10.3 Å². The van der Waals surface area contributed by atoms with Gasteiger partial charge < -0.3 is 9.88 Å². The van der Waals surface area contributed by atoms with Crippen molar-refractivity contribution in [1.29, 1.82) is 0 Å². The van der Waals surface area contributed by atoms with Crippen LogP contribution < -0.4 is 5.32 Å². The Morgan fingerprint density at radius 1 is 1.24 bits per heavy atom. The van der Waals surface area contributed by atoms with Gasteiger partial charge in [0.2, 0.25) is 5.91 Å². The minimum Gasteiger partial charge on any atom is -0.351 e. The highest BCUT2D eigenvalue weighted by atomic mass is 35.5. The van der Waals surface area contributed by atoms with Crippen LogP contribution in [0.15, 0.2) is 72.1 Å². The fourth-order valence-electron chi connectivity index (χ4n) is 2.41. The van der Waals surface area contributed by atoms with E-state index in [1.54, 1.807) is 12.5 Å². The number of carbonyl (C=O) groups excluding carboxylic acids is 1. The maximum atomic E-state index is 12.4. The van der Waals surface area contributed by atoms with Gasteiger partial charge in [0.25, 0.3) is 0 Å². The first-order valence-electron chi connectivity index (χ1n) is 7.89. The molecule has 0 radical (unpaired) electrons. The Balaban J connectivity index is 1.62. The molecule has 1 amide bonds. The minimum absolute atomic E-state index is 0.000356. The SMILES string of the molecule is C[C@H](Sc1ccc(Cl)cc1)C(=O)NCc1ccccc1-n1ccnc1. The number of aromatic nitrogens is 2. The van der Waals surface area contributed by atoms with Crippen LogP contribution in [0.4, 0.5) is 0 Å². The van der Waals surface area contributed by atoms with Gasteiger partial charge in [-0.3, -0.25) is 4.79 Å².